The fraction of sp³-hybridized carbons (Fsp3) is 0.889. The van der Waals surface area contributed by atoms with Gasteiger partial charge in [0.15, 0.2) is 6.04 Å². The van der Waals surface area contributed by atoms with Crippen molar-refractivity contribution >= 4 is 76.9 Å². The standard InChI is InChI=1S/C14H30N2OS.C13H26N2O4.C13H26N2O3.2C13H28N2O.C11H22N2O3.C11H24N2O2.C11H24N2O/c1-11(2)9-16(12(3)4)10-14(17)15-13(5)7-8-18-6;1-8(2)6-15(9(3)4)7-11(17)14-12(10(5)16)13(18)19;1-10(2)8-15(11(3)4)9-12(16)14-7-5-6-13(17)18;1-7-12(6)14-13(16)9-15(11(4)5)8-10(2)3;1-6-7-8-14-13(16)10-15(12(4)5)9-11(2)3;1-8(2)6-13(9(3)4)7-10(14)12-5-11(15)16;1-9(2)7-13(10(3)4)8-11(15)12-5-6-14;1-6-12-11(14)8-13(10(4)5)7-9(2)3/h11-13H,7-10H2,1-6H3,(H,15,17);8-10,12,16H,6-7H2,1-5H3,(H,14,17)(H,18,19);10-11H,5-9H2,1-4H3,(H,14,16)(H,17,18);10-12H,7-9H2,1-6H3,(H,14,16);11-12H,6-10H2,1-5H3,(H,14,16);8-9H,5-7H2,1-4H3,(H,12,14)(H,15,16);9-10,14H,5-8H2,1-4H3,(H,12,15);9-10H,6-8H2,1-5H3,(H,12,14). The number of aliphatic hydroxyl groups excluding tert-OH is 2. The third kappa shape index (κ3) is 95.8. The molecule has 786 valence electrons. The van der Waals surface area contributed by atoms with E-state index >= 15 is 0 Å². The molecule has 32 nitrogen and oxygen atoms in total. The molecule has 0 aliphatic rings. The average Bonchev–Trinajstić information content (AvgIpc) is 0.880. The number of aliphatic hydroxyl groups is 2. The minimum Gasteiger partial charge on any atom is -0.481 e. The van der Waals surface area contributed by atoms with Crippen LogP contribution in [0.15, 0.2) is 0 Å². The maximum atomic E-state index is 12.0. The molecule has 4 atom stereocenters. The Morgan fingerprint density at radius 2 is 0.545 bits per heavy atom. The van der Waals surface area contributed by atoms with Gasteiger partial charge in [-0.05, 0) is 224 Å². The van der Waals surface area contributed by atoms with Crippen molar-refractivity contribution in [3.63, 3.8) is 0 Å². The van der Waals surface area contributed by atoms with Gasteiger partial charge in [0, 0.05) is 145 Å². The second-order valence-corrected chi connectivity index (χ2v) is 41.3. The zero-order valence-corrected chi connectivity index (χ0v) is 92.1. The second kappa shape index (κ2) is 86.7. The Morgan fingerprint density at radius 3 is 0.758 bits per heavy atom. The van der Waals surface area contributed by atoms with Gasteiger partial charge in [-0.1, -0.05) is 131 Å². The summed E-state index contributed by atoms with van der Waals surface area (Å²) < 4.78 is 0. The lowest BCUT2D eigenvalue weighted by Crippen LogP contribution is -2.51. The average molecular weight is 1910 g/mol. The summed E-state index contributed by atoms with van der Waals surface area (Å²) in [5.74, 6) is 2.29. The lowest BCUT2D eigenvalue weighted by atomic mass is 10.1. The lowest BCUT2D eigenvalue weighted by Gasteiger charge is -2.28. The monoisotopic (exact) mass is 1910 g/mol. The van der Waals surface area contributed by atoms with E-state index in [-0.39, 0.29) is 104 Å². The Kier molecular flexibility index (Phi) is 92.9. The number of likely N-dealkylation sites (N-methyl/N-ethyl adjacent to an activating group) is 1. The number of hydrogen-bond acceptors (Lipinski definition) is 22. The number of thioether (sulfide) groups is 1. The molecular formula is C99H208N16O16S. The van der Waals surface area contributed by atoms with E-state index in [1.54, 1.807) is 0 Å². The van der Waals surface area contributed by atoms with Crippen molar-refractivity contribution < 1.29 is 78.3 Å². The summed E-state index contributed by atoms with van der Waals surface area (Å²) in [5, 5.41) is 65.7. The third-order valence-electron chi connectivity index (χ3n) is 19.6. The van der Waals surface area contributed by atoms with Crippen molar-refractivity contribution in [1.82, 2.24) is 81.7 Å². The second-order valence-electron chi connectivity index (χ2n) is 40.3. The minimum absolute atomic E-state index is 0.00238. The van der Waals surface area contributed by atoms with E-state index in [0.29, 0.717) is 149 Å². The SMILES string of the molecule is CC(C)CN(CC(=O)NC(C(=O)O)C(C)O)C(C)C.CC(C)CN(CC(=O)NCC(=O)O)C(C)C.CC(C)CN(CC(=O)NCCCC(=O)O)C(C)C.CC(C)CN(CC(=O)NCCO)C(C)C.CCC(C)NC(=O)CN(CC(C)C)C(C)C.CCCCNC(=O)CN(CC(C)C)C(C)C.CCNC(=O)CN(CC(C)C)C(C)C.CSCCC(C)NC(=O)CN(CC(C)C)C(C)C. The largest absolute Gasteiger partial charge is 0.481 e. The van der Waals surface area contributed by atoms with Crippen molar-refractivity contribution in [2.24, 2.45) is 47.3 Å². The molecule has 33 heteroatoms. The van der Waals surface area contributed by atoms with Gasteiger partial charge in [-0.3, -0.25) is 87.1 Å². The van der Waals surface area contributed by atoms with E-state index in [2.05, 4.69) is 293 Å². The van der Waals surface area contributed by atoms with Crippen LogP contribution in [0, 0.1) is 47.3 Å². The maximum Gasteiger partial charge on any atom is 0.328 e. The highest BCUT2D eigenvalue weighted by Gasteiger charge is 2.28. The van der Waals surface area contributed by atoms with E-state index in [1.807, 2.05) is 63.1 Å². The number of carboxylic acids is 3. The summed E-state index contributed by atoms with van der Waals surface area (Å²) >= 11 is 1.82. The first-order valence-corrected chi connectivity index (χ1v) is 50.9. The van der Waals surface area contributed by atoms with Gasteiger partial charge in [0.1, 0.15) is 6.54 Å². The fourth-order valence-electron chi connectivity index (χ4n) is 12.3. The molecule has 0 bridgehead atoms. The number of carbonyl (C=O) groups is 11. The Labute approximate surface area is 810 Å². The van der Waals surface area contributed by atoms with E-state index in [1.165, 1.54) is 6.92 Å². The molecule has 0 saturated heterocycles. The van der Waals surface area contributed by atoms with Crippen molar-refractivity contribution in [3.05, 3.63) is 0 Å². The number of amides is 8. The first kappa shape index (κ1) is 142. The third-order valence-corrected chi connectivity index (χ3v) is 20.3. The molecule has 0 aromatic carbocycles. The van der Waals surface area contributed by atoms with Crippen LogP contribution in [0.25, 0.3) is 0 Å². The topological polar surface area (TPSA) is 411 Å². The van der Waals surface area contributed by atoms with Crippen LogP contribution >= 0.6 is 11.8 Å². The summed E-state index contributed by atoms with van der Waals surface area (Å²) in [4.78, 5) is 142. The van der Waals surface area contributed by atoms with Gasteiger partial charge >= 0.3 is 17.9 Å². The summed E-state index contributed by atoms with van der Waals surface area (Å²) in [6.07, 6.45) is 5.76. The molecular weight excluding hydrogens is 1700 g/mol. The molecule has 0 fully saturated rings. The van der Waals surface area contributed by atoms with Crippen molar-refractivity contribution in [1.29, 1.82) is 0 Å². The lowest BCUT2D eigenvalue weighted by molar-refractivity contribution is -0.145. The summed E-state index contributed by atoms with van der Waals surface area (Å²) in [7, 11) is 0. The molecule has 0 heterocycles. The van der Waals surface area contributed by atoms with E-state index in [0.717, 1.165) is 90.3 Å². The number of carbonyl (C=O) groups excluding carboxylic acids is 8. The molecule has 0 rings (SSSR count). The Morgan fingerprint density at radius 1 is 0.303 bits per heavy atom. The number of rotatable bonds is 61. The number of carboxylic acid groups (broad SMARTS) is 3. The van der Waals surface area contributed by atoms with Gasteiger partial charge in [0.05, 0.1) is 65.1 Å². The molecule has 0 aromatic rings. The number of nitrogens with one attached hydrogen (secondary N) is 8. The zero-order valence-electron chi connectivity index (χ0n) is 91.3. The van der Waals surface area contributed by atoms with Crippen molar-refractivity contribution in [2.45, 2.75) is 374 Å². The Balaban J connectivity index is -0.000000222. The van der Waals surface area contributed by atoms with E-state index in [9.17, 15) is 57.8 Å². The van der Waals surface area contributed by atoms with Crippen LogP contribution in [0.2, 0.25) is 0 Å². The summed E-state index contributed by atoms with van der Waals surface area (Å²) in [5.41, 5.74) is 0. The molecule has 4 unspecified atom stereocenters. The van der Waals surface area contributed by atoms with E-state index in [4.69, 9.17) is 20.4 Å². The number of aliphatic carboxylic acids is 3. The quantitative estimate of drug-likeness (QED) is 0.0252. The van der Waals surface area contributed by atoms with Crippen LogP contribution in [0.3, 0.4) is 0 Å². The van der Waals surface area contributed by atoms with Crippen molar-refractivity contribution in [2.75, 3.05) is 156 Å². The van der Waals surface area contributed by atoms with Gasteiger partial charge in [-0.15, -0.1) is 0 Å². The molecule has 0 saturated carbocycles. The first-order chi connectivity index (χ1) is 60.9. The normalized spacial score (nSPS) is 12.4. The molecule has 13 N–H and O–H groups in total. The van der Waals surface area contributed by atoms with Gasteiger partial charge in [0.25, 0.3) is 0 Å². The maximum absolute atomic E-state index is 12.0. The Bertz CT molecular complexity index is 2910. The number of nitrogens with zero attached hydrogens (tertiary/aromatic N) is 8. The van der Waals surface area contributed by atoms with Crippen LogP contribution in [-0.4, -0.2) is 359 Å². The van der Waals surface area contributed by atoms with Crippen LogP contribution in [-0.2, 0) is 52.7 Å². The highest BCUT2D eigenvalue weighted by atomic mass is 32.2. The predicted octanol–water partition coefficient (Wildman–Crippen LogP) is 11.3. The van der Waals surface area contributed by atoms with Crippen molar-refractivity contribution in [3.8, 4) is 0 Å². The highest BCUT2D eigenvalue weighted by Crippen LogP contribution is 2.12. The van der Waals surface area contributed by atoms with Crippen LogP contribution < -0.4 is 42.5 Å². The molecule has 0 radical (unpaired) electrons. The van der Waals surface area contributed by atoms with Gasteiger partial charge in [-0.2, -0.15) is 11.8 Å². The van der Waals surface area contributed by atoms with Crippen LogP contribution in [0.4, 0.5) is 0 Å². The minimum atomic E-state index is -1.26. The Hall–Kier alpha value is -5.88. The summed E-state index contributed by atoms with van der Waals surface area (Å²) in [6, 6.07) is 2.16. The molecule has 0 aromatic heterocycles. The highest BCUT2D eigenvalue weighted by molar-refractivity contribution is 7.98. The predicted molar refractivity (Wildman–Crippen MR) is 549 cm³/mol. The van der Waals surface area contributed by atoms with Gasteiger partial charge < -0.3 is 68.1 Å². The molecule has 132 heavy (non-hydrogen) atoms. The fourth-order valence-corrected chi connectivity index (χ4v) is 12.9. The molecule has 8 amide bonds. The summed E-state index contributed by atoms with van der Waals surface area (Å²) in [6.45, 7) is 91.9. The zero-order chi connectivity index (χ0) is 104. The van der Waals surface area contributed by atoms with Crippen LogP contribution in [0.1, 0.15) is 302 Å². The number of hydrogen-bond donors (Lipinski definition) is 13. The van der Waals surface area contributed by atoms with Crippen LogP contribution in [0.5, 0.6) is 0 Å². The number of unbranched alkanes of at least 4 members (excludes halogenated alkanes) is 1. The first-order valence-electron chi connectivity index (χ1n) is 49.5. The van der Waals surface area contributed by atoms with Gasteiger partial charge in [-0.25, -0.2) is 4.79 Å². The molecule has 0 spiro atoms. The molecule has 0 aliphatic heterocycles. The molecule has 0 aliphatic carbocycles. The van der Waals surface area contributed by atoms with E-state index < -0.39 is 30.1 Å². The smallest absolute Gasteiger partial charge is 0.328 e. The van der Waals surface area contributed by atoms with Gasteiger partial charge in [0.2, 0.25) is 47.3 Å².